The Morgan fingerprint density at radius 2 is 1.44 bits per heavy atom. The molecule has 1 unspecified atom stereocenters. The van der Waals surface area contributed by atoms with Gasteiger partial charge in [-0.2, -0.15) is 0 Å². The molecule has 0 radical (unpaired) electrons. The van der Waals surface area contributed by atoms with Crippen LogP contribution in [0.4, 0.5) is 11.4 Å². The minimum absolute atomic E-state index is 0.128. The SMILES string of the molecule is CS(=O)(=O)c1ccc(NN2C([C@H](O)c3ccc(Br)cc3)C=C[C@H]3C(=O)N(c4ccc(C(=O)c5ccccc5)cc4)C(=O)[C@H]32)cc1. The Morgan fingerprint density at radius 1 is 0.822 bits per heavy atom. The second-order valence-corrected chi connectivity index (χ2v) is 13.8. The van der Waals surface area contributed by atoms with Crippen molar-refractivity contribution in [3.05, 3.63) is 136 Å². The van der Waals surface area contributed by atoms with Crippen molar-refractivity contribution in [1.29, 1.82) is 0 Å². The van der Waals surface area contributed by atoms with Crippen molar-refractivity contribution in [1.82, 2.24) is 5.01 Å². The lowest BCUT2D eigenvalue weighted by atomic mass is 9.90. The van der Waals surface area contributed by atoms with Crippen LogP contribution in [0.3, 0.4) is 0 Å². The molecule has 11 heteroatoms. The molecular weight excluding hydrogens is 658 g/mol. The van der Waals surface area contributed by atoms with Crippen LogP contribution in [-0.4, -0.2) is 54.5 Å². The van der Waals surface area contributed by atoms with Gasteiger partial charge in [0.05, 0.1) is 28.6 Å². The molecule has 4 atom stereocenters. The van der Waals surface area contributed by atoms with Crippen molar-refractivity contribution in [3.8, 4) is 0 Å². The molecule has 9 nitrogen and oxygen atoms in total. The van der Waals surface area contributed by atoms with Crippen molar-refractivity contribution in [2.45, 2.75) is 23.1 Å². The van der Waals surface area contributed by atoms with Gasteiger partial charge in [0.1, 0.15) is 6.04 Å². The fourth-order valence-corrected chi connectivity index (χ4v) is 6.52. The van der Waals surface area contributed by atoms with Crippen molar-refractivity contribution in [3.63, 3.8) is 0 Å². The van der Waals surface area contributed by atoms with Crippen LogP contribution in [-0.2, 0) is 19.4 Å². The number of ketones is 1. The first-order chi connectivity index (χ1) is 21.5. The van der Waals surface area contributed by atoms with E-state index in [4.69, 9.17) is 0 Å². The van der Waals surface area contributed by atoms with E-state index in [9.17, 15) is 27.9 Å². The number of carbonyl (C=O) groups excluding carboxylic acids is 3. The number of nitrogens with zero attached hydrogens (tertiary/aromatic N) is 2. The molecule has 2 heterocycles. The number of halogens is 1. The Labute approximate surface area is 268 Å². The molecule has 1 saturated heterocycles. The van der Waals surface area contributed by atoms with Crippen molar-refractivity contribution in [2.24, 2.45) is 5.92 Å². The van der Waals surface area contributed by atoms with Gasteiger partial charge in [-0.05, 0) is 66.2 Å². The number of rotatable bonds is 8. The van der Waals surface area contributed by atoms with Crippen LogP contribution < -0.4 is 10.3 Å². The summed E-state index contributed by atoms with van der Waals surface area (Å²) in [5.41, 5.74) is 5.50. The van der Waals surface area contributed by atoms with Crippen molar-refractivity contribution >= 4 is 54.7 Å². The number of imide groups is 1. The molecule has 0 spiro atoms. The molecule has 2 aliphatic heterocycles. The third-order valence-corrected chi connectivity index (χ3v) is 9.61. The van der Waals surface area contributed by atoms with Crippen LogP contribution in [0.1, 0.15) is 27.6 Å². The lowest BCUT2D eigenvalue weighted by Crippen LogP contribution is -2.55. The number of nitrogens with one attached hydrogen (secondary N) is 1. The number of sulfone groups is 1. The second kappa shape index (κ2) is 12.2. The highest BCUT2D eigenvalue weighted by atomic mass is 79.9. The molecule has 6 rings (SSSR count). The monoisotopic (exact) mass is 685 g/mol. The molecule has 0 aromatic heterocycles. The van der Waals surface area contributed by atoms with Gasteiger partial charge in [-0.15, -0.1) is 0 Å². The summed E-state index contributed by atoms with van der Waals surface area (Å²) in [7, 11) is -3.43. The molecule has 1 fully saturated rings. The standard InChI is InChI=1S/C34H28BrN3O6S/c1-45(43,44)27-17-13-25(14-18-27)36-38-29(32(40)23-7-11-24(35)12-8-23)20-19-28-30(38)34(42)37(33(28)41)26-15-9-22(10-16-26)31(39)21-5-3-2-4-6-21/h2-20,28-30,32,36,40H,1H3/t28-,29?,30+,32-/m1/s1. The van der Waals surface area contributed by atoms with Crippen LogP contribution in [0.5, 0.6) is 0 Å². The van der Waals surface area contributed by atoms with Crippen molar-refractivity contribution < 1.29 is 27.9 Å². The molecule has 0 saturated carbocycles. The van der Waals surface area contributed by atoms with Gasteiger partial charge in [0, 0.05) is 27.5 Å². The molecule has 4 aromatic carbocycles. The van der Waals surface area contributed by atoms with Crippen LogP contribution in [0.15, 0.2) is 125 Å². The molecule has 45 heavy (non-hydrogen) atoms. The van der Waals surface area contributed by atoms with E-state index < -0.39 is 45.8 Å². The smallest absolute Gasteiger partial charge is 0.254 e. The summed E-state index contributed by atoms with van der Waals surface area (Å²) in [5.74, 6) is -2.00. The van der Waals surface area contributed by atoms with Gasteiger partial charge >= 0.3 is 0 Å². The van der Waals surface area contributed by atoms with E-state index in [-0.39, 0.29) is 10.7 Å². The molecular formula is C34H28BrN3O6S. The van der Waals surface area contributed by atoms with Gasteiger partial charge < -0.3 is 10.5 Å². The number of benzene rings is 4. The highest BCUT2D eigenvalue weighted by Crippen LogP contribution is 2.38. The maximum atomic E-state index is 14.1. The highest BCUT2D eigenvalue weighted by Gasteiger charge is 2.54. The number of hydrogen-bond acceptors (Lipinski definition) is 8. The first-order valence-electron chi connectivity index (χ1n) is 14.1. The van der Waals surface area contributed by atoms with Crippen LogP contribution >= 0.6 is 15.9 Å². The maximum absolute atomic E-state index is 14.1. The van der Waals surface area contributed by atoms with Gasteiger partial charge in [-0.1, -0.05) is 70.5 Å². The number of hydrazine groups is 1. The average Bonchev–Trinajstić information content (AvgIpc) is 3.30. The Morgan fingerprint density at radius 3 is 2.07 bits per heavy atom. The number of carbonyl (C=O) groups is 3. The van der Waals surface area contributed by atoms with E-state index in [2.05, 4.69) is 21.4 Å². The third kappa shape index (κ3) is 5.99. The molecule has 0 bridgehead atoms. The Balaban J connectivity index is 1.33. The van der Waals surface area contributed by atoms with Gasteiger partial charge in [-0.25, -0.2) is 18.3 Å². The maximum Gasteiger partial charge on any atom is 0.254 e. The number of anilines is 2. The molecule has 228 valence electrons. The summed E-state index contributed by atoms with van der Waals surface area (Å²) >= 11 is 3.40. The van der Waals surface area contributed by atoms with E-state index in [0.29, 0.717) is 28.1 Å². The van der Waals surface area contributed by atoms with Gasteiger partial charge in [0.25, 0.3) is 5.91 Å². The first-order valence-corrected chi connectivity index (χ1v) is 16.8. The quantitative estimate of drug-likeness (QED) is 0.152. The Hall–Kier alpha value is -4.42. The Kier molecular flexibility index (Phi) is 8.27. The fourth-order valence-electron chi connectivity index (χ4n) is 5.63. The number of hydrogen-bond donors (Lipinski definition) is 2. The lowest BCUT2D eigenvalue weighted by Gasteiger charge is -2.40. The zero-order valence-electron chi connectivity index (χ0n) is 23.9. The summed E-state index contributed by atoms with van der Waals surface area (Å²) in [6.07, 6.45) is 3.37. The number of amides is 2. The number of fused-ring (bicyclic) bond motifs is 1. The molecule has 0 aliphatic carbocycles. The minimum Gasteiger partial charge on any atom is -0.386 e. The largest absolute Gasteiger partial charge is 0.386 e. The average molecular weight is 687 g/mol. The number of aliphatic hydroxyl groups excluding tert-OH is 1. The summed E-state index contributed by atoms with van der Waals surface area (Å²) < 4.78 is 24.8. The number of aliphatic hydroxyl groups is 1. The zero-order chi connectivity index (χ0) is 31.9. The zero-order valence-corrected chi connectivity index (χ0v) is 26.4. The molecule has 2 amide bonds. The minimum atomic E-state index is -3.43. The predicted molar refractivity (Wildman–Crippen MR) is 173 cm³/mol. The molecule has 2 aliphatic rings. The van der Waals surface area contributed by atoms with E-state index in [1.165, 1.54) is 12.1 Å². The molecule has 2 N–H and O–H groups in total. The topological polar surface area (TPSA) is 124 Å². The first kappa shape index (κ1) is 30.6. The van der Waals surface area contributed by atoms with Gasteiger partial charge in [0.15, 0.2) is 15.6 Å². The summed E-state index contributed by atoms with van der Waals surface area (Å²) in [6, 6.07) is 26.5. The normalized spacial score (nSPS) is 20.6. The van der Waals surface area contributed by atoms with Crippen LogP contribution in [0, 0.1) is 5.92 Å². The van der Waals surface area contributed by atoms with E-state index >= 15 is 0 Å². The van der Waals surface area contributed by atoms with Crippen LogP contribution in [0.2, 0.25) is 0 Å². The summed E-state index contributed by atoms with van der Waals surface area (Å²) in [4.78, 5) is 41.9. The van der Waals surface area contributed by atoms with Crippen LogP contribution in [0.25, 0.3) is 0 Å². The third-order valence-electron chi connectivity index (χ3n) is 7.95. The summed E-state index contributed by atoms with van der Waals surface area (Å²) in [5, 5.41) is 13.1. The highest BCUT2D eigenvalue weighted by molar-refractivity contribution is 9.10. The summed E-state index contributed by atoms with van der Waals surface area (Å²) in [6.45, 7) is 0. The lowest BCUT2D eigenvalue weighted by molar-refractivity contribution is -0.123. The molecule has 4 aromatic rings. The fraction of sp³-hybridized carbons (Fsp3) is 0.147. The van der Waals surface area contributed by atoms with E-state index in [1.54, 1.807) is 102 Å². The van der Waals surface area contributed by atoms with Gasteiger partial charge in [0.2, 0.25) is 5.91 Å². The van der Waals surface area contributed by atoms with E-state index in [1.807, 2.05) is 6.07 Å². The van der Waals surface area contributed by atoms with E-state index in [0.717, 1.165) is 15.6 Å². The second-order valence-electron chi connectivity index (χ2n) is 10.9. The van der Waals surface area contributed by atoms with Crippen molar-refractivity contribution in [2.75, 3.05) is 16.6 Å². The predicted octanol–water partition coefficient (Wildman–Crippen LogP) is 4.94. The Bertz CT molecular complexity index is 1900. The van der Waals surface area contributed by atoms with Gasteiger partial charge in [-0.3, -0.25) is 14.4 Å².